The van der Waals surface area contributed by atoms with Crippen molar-refractivity contribution in [2.24, 2.45) is 104 Å². The van der Waals surface area contributed by atoms with E-state index in [-0.39, 0.29) is 276 Å². The summed E-state index contributed by atoms with van der Waals surface area (Å²) in [5.74, 6) is -2.01. The highest BCUT2D eigenvalue weighted by atomic mass is 16.7. The first kappa shape index (κ1) is 129. The third kappa shape index (κ3) is 26.1. The van der Waals surface area contributed by atoms with Gasteiger partial charge in [-0.25, -0.2) is 4.79 Å². The van der Waals surface area contributed by atoms with Crippen LogP contribution in [0.2, 0.25) is 0 Å². The number of ether oxygens (including phenoxy) is 14. The molecule has 0 aromatic carbocycles. The minimum Gasteiger partial charge on any atom is -0.465 e. The summed E-state index contributed by atoms with van der Waals surface area (Å²) in [6, 6.07) is 0. The topological polar surface area (TPSA) is 368 Å². The van der Waals surface area contributed by atoms with Crippen LogP contribution in [0.3, 0.4) is 0 Å². The third-order valence-corrected chi connectivity index (χ3v) is 30.8. The zero-order chi connectivity index (χ0) is 89.3. The molecular formula is C104H186O28. The van der Waals surface area contributed by atoms with Gasteiger partial charge in [-0.15, -0.1) is 0 Å². The standard InChI is InChI=1S/C18H26O6.C17H24O6.C15H24O4.C14H20O4.2C14H22O4.12CH4/c1-6-17(2,3)15(20)24-18(4,5)16(21)23-12-9-7-10-11(8-9)14(19)22-13(10)12;1-4-17(2,3)16(20)21-6-5-12(18)22-13-9-7-10-11(8-9)15(19)23-14(10)13;1-6-13(2,3)12(17)19-14(4)8-7-10-9-15(14,5)18-11(10)16;1-4-14(2,3)13(16)18-11-8-5-7-6-9(8)12(15)17-10(7)11;1-5-13(2,3)12(16)17-10-8-9-6-7-14(10,4)18-11(9)15;1-5-13(2,3)12(16)17-10-7-6-9-8-14(10,4)18-11(9)15;;;;;;;;;;;;/h9-13H,6-8H2,1-5H3;9-11,13-14H,4-8H2,1-3H3;10H,6-9H2,1-5H3;7-11H,4-6H2,1-3H3;2*9-10H,5-8H2,1-4H3;12*1H4. The highest BCUT2D eigenvalue weighted by molar-refractivity contribution is 5.86. The Hall–Kier alpha value is -7.42. The van der Waals surface area contributed by atoms with E-state index in [0.29, 0.717) is 44.4 Å². The number of carbonyl (C=O) groups is 14. The molecule has 14 bridgehead atoms. The molecule has 8 heterocycles. The second-order valence-electron chi connectivity index (χ2n) is 42.0. The molecule has 17 fully saturated rings. The SMILES string of the molecule is C.C.C.C.C.C.C.C.C.C.C.C.CCC(C)(C)C(=O)OC(C)(C)C(=O)OC1C2CC3C(=O)OC1C3C2.CCC(C)(C)C(=O)OC1(C)CCC2CC1(C)OC2=O.CCC(C)(C)C(=O)OC1C2CC3CC2C(=O)OC31.CCC(C)(C)C(=O)OC1CC2CCC1(C)OC2=O.CCC(C)(C)C(=O)OC1CCC2CC1(C)OC2=O.CCC(C)(C)C(=O)OCCC(=O)OC1C2CC3C(=O)OC1C3C2. The molecule has 132 heavy (non-hydrogen) atoms. The summed E-state index contributed by atoms with van der Waals surface area (Å²) in [5, 5.41) is 0. The van der Waals surface area contributed by atoms with Crippen LogP contribution in [0.15, 0.2) is 0 Å². The number of hydrogen-bond acceptors (Lipinski definition) is 28. The van der Waals surface area contributed by atoms with Crippen LogP contribution in [0.1, 0.15) is 397 Å². The Labute approximate surface area is 796 Å². The Kier molecular flexibility index (Phi) is 46.4. The quantitative estimate of drug-likeness (QED) is 0.0677. The molecule has 0 amide bonds. The van der Waals surface area contributed by atoms with E-state index in [0.717, 1.165) is 96.3 Å². The monoisotopic (exact) mass is 1880 g/mol. The van der Waals surface area contributed by atoms with Gasteiger partial charge in [-0.3, -0.25) is 62.3 Å². The summed E-state index contributed by atoms with van der Waals surface area (Å²) in [6.45, 7) is 44.6. The van der Waals surface area contributed by atoms with E-state index in [1.807, 2.05) is 138 Å². The summed E-state index contributed by atoms with van der Waals surface area (Å²) in [6.07, 6.45) is 13.6. The van der Waals surface area contributed by atoms with Crippen LogP contribution in [-0.4, -0.2) is 167 Å². The summed E-state index contributed by atoms with van der Waals surface area (Å²) in [7, 11) is 0. The van der Waals surface area contributed by atoms with Crippen molar-refractivity contribution >= 4 is 83.6 Å². The molecule has 24 atom stereocenters. The first-order valence-corrected chi connectivity index (χ1v) is 44.5. The molecule has 0 radical (unpaired) electrons. The lowest BCUT2D eigenvalue weighted by molar-refractivity contribution is -0.221. The van der Waals surface area contributed by atoms with E-state index in [2.05, 4.69) is 0 Å². The minimum atomic E-state index is -1.37. The van der Waals surface area contributed by atoms with Crippen LogP contribution < -0.4 is 0 Å². The van der Waals surface area contributed by atoms with E-state index in [4.69, 9.17) is 66.3 Å². The van der Waals surface area contributed by atoms with Crippen LogP contribution in [0.5, 0.6) is 0 Å². The van der Waals surface area contributed by atoms with E-state index in [9.17, 15) is 67.1 Å². The Bertz CT molecular complexity index is 3850. The van der Waals surface area contributed by atoms with E-state index >= 15 is 0 Å². The summed E-state index contributed by atoms with van der Waals surface area (Å²) in [5.41, 5.74) is -7.08. The molecule has 24 unspecified atom stereocenters. The van der Waals surface area contributed by atoms with Gasteiger partial charge in [-0.05, 0) is 240 Å². The number of fused-ring (bicyclic) bond motifs is 10. The van der Waals surface area contributed by atoms with Gasteiger partial charge in [0.25, 0.3) is 0 Å². The summed E-state index contributed by atoms with van der Waals surface area (Å²) in [4.78, 5) is 167. The van der Waals surface area contributed by atoms with E-state index < -0.39 is 84.5 Å². The Balaban J connectivity index is -0.00000149. The molecule has 8 saturated heterocycles. The first-order valence-electron chi connectivity index (χ1n) is 44.5. The smallest absolute Gasteiger partial charge is 0.350 e. The number of esters is 14. The van der Waals surface area contributed by atoms with Gasteiger partial charge in [0.2, 0.25) is 5.60 Å². The molecular weight excluding hydrogens is 1700 g/mol. The predicted octanol–water partition coefficient (Wildman–Crippen LogP) is 21.4. The van der Waals surface area contributed by atoms with Gasteiger partial charge in [0.1, 0.15) is 77.8 Å². The lowest BCUT2D eigenvalue weighted by Crippen LogP contribution is -2.57. The van der Waals surface area contributed by atoms with Crippen molar-refractivity contribution in [1.82, 2.24) is 0 Å². The number of hydrogen-bond donors (Lipinski definition) is 0. The summed E-state index contributed by atoms with van der Waals surface area (Å²) < 4.78 is 76.9. The first-order chi connectivity index (χ1) is 55.5. The van der Waals surface area contributed by atoms with Gasteiger partial charge < -0.3 is 66.3 Å². The molecule has 28 nitrogen and oxygen atoms in total. The maximum atomic E-state index is 12.6. The molecule has 9 saturated carbocycles. The normalized spacial score (nSPS) is 32.9. The lowest BCUT2D eigenvalue weighted by Gasteiger charge is -2.48. The molecule has 0 aromatic heterocycles. The van der Waals surface area contributed by atoms with Crippen LogP contribution in [0.4, 0.5) is 0 Å². The largest absolute Gasteiger partial charge is 0.465 e. The fourth-order valence-corrected chi connectivity index (χ4v) is 19.1. The van der Waals surface area contributed by atoms with Crippen molar-refractivity contribution in [3.63, 3.8) is 0 Å². The molecule has 0 aromatic rings. The van der Waals surface area contributed by atoms with E-state index in [1.165, 1.54) is 13.8 Å². The van der Waals surface area contributed by atoms with Crippen molar-refractivity contribution < 1.29 is 133 Å². The zero-order valence-corrected chi connectivity index (χ0v) is 75.7. The number of carbonyl (C=O) groups excluding carboxylic acids is 14. The van der Waals surface area contributed by atoms with Crippen LogP contribution in [0.25, 0.3) is 0 Å². The molecule has 9 aliphatic carbocycles. The highest BCUT2D eigenvalue weighted by Gasteiger charge is 2.68. The van der Waals surface area contributed by atoms with Crippen LogP contribution >= 0.6 is 0 Å². The second-order valence-corrected chi connectivity index (χ2v) is 42.0. The van der Waals surface area contributed by atoms with Gasteiger partial charge in [0, 0.05) is 54.8 Å². The van der Waals surface area contributed by atoms with Gasteiger partial charge in [0.05, 0.1) is 74.4 Å². The van der Waals surface area contributed by atoms with Crippen molar-refractivity contribution in [1.29, 1.82) is 0 Å². The van der Waals surface area contributed by atoms with Crippen molar-refractivity contribution in [3.05, 3.63) is 0 Å². The van der Waals surface area contributed by atoms with Gasteiger partial charge in [-0.1, -0.05) is 131 Å². The van der Waals surface area contributed by atoms with E-state index in [1.54, 1.807) is 13.8 Å². The molecule has 0 N–H and O–H groups in total. The molecule has 17 rings (SSSR count). The fourth-order valence-electron chi connectivity index (χ4n) is 19.1. The van der Waals surface area contributed by atoms with Crippen LogP contribution in [-0.2, 0) is 133 Å². The highest BCUT2D eigenvalue weighted by Crippen LogP contribution is 2.59. The minimum absolute atomic E-state index is 0. The van der Waals surface area contributed by atoms with Crippen LogP contribution in [0, 0.1) is 104 Å². The Morgan fingerprint density at radius 1 is 0.341 bits per heavy atom. The van der Waals surface area contributed by atoms with Gasteiger partial charge in [-0.2, -0.15) is 0 Å². The lowest BCUT2D eigenvalue weighted by atomic mass is 9.71. The molecule has 0 spiro atoms. The third-order valence-electron chi connectivity index (χ3n) is 30.8. The molecule has 770 valence electrons. The molecule has 8 aliphatic heterocycles. The Morgan fingerprint density at radius 2 is 0.712 bits per heavy atom. The Morgan fingerprint density at radius 3 is 1.17 bits per heavy atom. The summed E-state index contributed by atoms with van der Waals surface area (Å²) >= 11 is 0. The maximum Gasteiger partial charge on any atom is 0.350 e. The predicted molar refractivity (Wildman–Crippen MR) is 509 cm³/mol. The maximum absolute atomic E-state index is 12.6. The zero-order valence-electron chi connectivity index (χ0n) is 75.7. The van der Waals surface area contributed by atoms with Gasteiger partial charge in [0.15, 0.2) is 0 Å². The number of rotatable bonds is 23. The average molecular weight is 1880 g/mol. The fraction of sp³-hybridized carbons (Fsp3) is 0.865. The molecule has 28 heteroatoms. The van der Waals surface area contributed by atoms with Crippen molar-refractivity contribution in [3.8, 4) is 0 Å². The molecule has 17 aliphatic rings. The average Bonchev–Trinajstić information content (AvgIpc) is 1.56. The van der Waals surface area contributed by atoms with Crippen molar-refractivity contribution in [2.75, 3.05) is 6.61 Å². The van der Waals surface area contributed by atoms with Gasteiger partial charge >= 0.3 is 83.6 Å². The van der Waals surface area contributed by atoms with Crippen molar-refractivity contribution in [2.45, 2.75) is 473 Å². The second kappa shape index (κ2) is 47.6.